The summed E-state index contributed by atoms with van der Waals surface area (Å²) in [7, 11) is 0. The zero-order valence-electron chi connectivity index (χ0n) is 34.0. The predicted molar refractivity (Wildman–Crippen MR) is 254 cm³/mol. The number of ether oxygens (including phenoxy) is 1. The van der Waals surface area contributed by atoms with Crippen LogP contribution in [0.4, 0.5) is 0 Å². The molecule has 8 aromatic carbocycles. The highest BCUT2D eigenvalue weighted by molar-refractivity contribution is 6.09. The molecule has 0 fully saturated rings. The summed E-state index contributed by atoms with van der Waals surface area (Å²) in [5.41, 5.74) is 14.2. The maximum absolute atomic E-state index is 7.11. The van der Waals surface area contributed by atoms with Crippen LogP contribution in [0.5, 0.6) is 5.75 Å². The first-order valence-corrected chi connectivity index (χ1v) is 21.4. The van der Waals surface area contributed by atoms with Crippen LogP contribution >= 0.6 is 0 Å². The van der Waals surface area contributed by atoms with Gasteiger partial charge in [0, 0.05) is 50.0 Å². The van der Waals surface area contributed by atoms with E-state index >= 15 is 0 Å². The summed E-state index contributed by atoms with van der Waals surface area (Å²) < 4.78 is 11.7. The molecule has 0 bridgehead atoms. The average molecular weight is 808 g/mol. The molecular formula is C57H37N5O. The number of aromatic nitrogens is 5. The summed E-state index contributed by atoms with van der Waals surface area (Å²) >= 11 is 0. The van der Waals surface area contributed by atoms with E-state index in [2.05, 4.69) is 215 Å². The second-order valence-corrected chi connectivity index (χ2v) is 16.3. The largest absolute Gasteiger partial charge is 0.484 e. The van der Waals surface area contributed by atoms with Crippen LogP contribution in [0.3, 0.4) is 0 Å². The molecule has 0 saturated heterocycles. The number of para-hydroxylation sites is 3. The van der Waals surface area contributed by atoms with Crippen molar-refractivity contribution in [2.24, 2.45) is 0 Å². The molecule has 63 heavy (non-hydrogen) atoms. The van der Waals surface area contributed by atoms with Gasteiger partial charge in [0.05, 0.1) is 22.2 Å². The Bertz CT molecular complexity index is 3570. The van der Waals surface area contributed by atoms with E-state index in [4.69, 9.17) is 19.7 Å². The van der Waals surface area contributed by atoms with Crippen LogP contribution in [-0.4, -0.2) is 24.1 Å². The van der Waals surface area contributed by atoms with E-state index in [0.29, 0.717) is 17.6 Å². The van der Waals surface area contributed by atoms with E-state index in [1.54, 1.807) is 0 Å². The number of hydrogen-bond donors (Lipinski definition) is 0. The second-order valence-electron chi connectivity index (χ2n) is 16.3. The zero-order chi connectivity index (χ0) is 41.4. The van der Waals surface area contributed by atoms with Crippen LogP contribution in [0.25, 0.3) is 95.5 Å². The van der Waals surface area contributed by atoms with E-state index in [-0.39, 0.29) is 12.0 Å². The van der Waals surface area contributed by atoms with Crippen LogP contribution in [0.1, 0.15) is 28.8 Å². The van der Waals surface area contributed by atoms with Gasteiger partial charge in [0.1, 0.15) is 11.9 Å². The quantitative estimate of drug-likeness (QED) is 0.168. The molecule has 1 aliphatic heterocycles. The van der Waals surface area contributed by atoms with Gasteiger partial charge in [-0.15, -0.1) is 0 Å². The fourth-order valence-electron chi connectivity index (χ4n) is 9.98. The third kappa shape index (κ3) is 5.62. The van der Waals surface area contributed by atoms with Crippen molar-refractivity contribution < 1.29 is 4.74 Å². The summed E-state index contributed by atoms with van der Waals surface area (Å²) in [6.45, 7) is 0. The molecule has 2 atom stereocenters. The van der Waals surface area contributed by atoms with Gasteiger partial charge in [-0.05, 0) is 70.8 Å². The minimum atomic E-state index is -0.245. The summed E-state index contributed by atoms with van der Waals surface area (Å²) in [6.07, 6.45) is 4.36. The molecule has 0 radical (unpaired) electrons. The number of hydrogen-bond acceptors (Lipinski definition) is 4. The SMILES string of the molecule is C1=CC2c3c(cccc3-c3nc(-c4cccc(-c5ccccc5)c4)nc(-n4c5ccccc5c5ccccc54)n3)OC2c2c1n(-c1cccc(-c3ccccc3)c1)c1ccccc21. The van der Waals surface area contributed by atoms with Crippen molar-refractivity contribution in [1.29, 1.82) is 0 Å². The lowest BCUT2D eigenvalue weighted by molar-refractivity contribution is 0.224. The van der Waals surface area contributed by atoms with Gasteiger partial charge in [0.2, 0.25) is 5.95 Å². The lowest BCUT2D eigenvalue weighted by Gasteiger charge is -2.23. The molecule has 4 heterocycles. The van der Waals surface area contributed by atoms with Crippen LogP contribution in [0.2, 0.25) is 0 Å². The smallest absolute Gasteiger partial charge is 0.238 e. The van der Waals surface area contributed by atoms with Crippen LogP contribution in [0, 0.1) is 0 Å². The Hall–Kier alpha value is -8.35. The second kappa shape index (κ2) is 14.1. The monoisotopic (exact) mass is 807 g/mol. The molecule has 1 aliphatic carbocycles. The van der Waals surface area contributed by atoms with Gasteiger partial charge in [0.15, 0.2) is 11.6 Å². The number of fused-ring (bicyclic) bond motifs is 10. The summed E-state index contributed by atoms with van der Waals surface area (Å²) in [4.78, 5) is 16.0. The molecule has 6 heteroatoms. The maximum Gasteiger partial charge on any atom is 0.238 e. The van der Waals surface area contributed by atoms with Crippen molar-refractivity contribution in [3.63, 3.8) is 0 Å². The van der Waals surface area contributed by atoms with Crippen molar-refractivity contribution >= 4 is 38.8 Å². The van der Waals surface area contributed by atoms with Crippen molar-refractivity contribution in [2.75, 3.05) is 0 Å². The highest BCUT2D eigenvalue weighted by Crippen LogP contribution is 2.55. The summed E-state index contributed by atoms with van der Waals surface area (Å²) in [5, 5.41) is 3.47. The maximum atomic E-state index is 7.11. The first kappa shape index (κ1) is 35.4. The van der Waals surface area contributed by atoms with Gasteiger partial charge in [-0.25, -0.2) is 4.98 Å². The predicted octanol–water partition coefficient (Wildman–Crippen LogP) is 13.8. The lowest BCUT2D eigenvalue weighted by atomic mass is 9.83. The lowest BCUT2D eigenvalue weighted by Crippen LogP contribution is -2.14. The van der Waals surface area contributed by atoms with Crippen molar-refractivity contribution in [2.45, 2.75) is 12.0 Å². The standard InChI is InChI=1S/C57H37N5O/c1-3-16-36(17-4-1)38-20-13-22-40(34-38)55-58-56(60-57(59-55)62-47-28-10-7-24-42(47)43-25-8-11-29-48(43)62)46-27-15-31-51-52(46)45-32-33-50-53(54(45)63-51)44-26-9-12-30-49(44)61(50)41-23-14-21-39(35-41)37-18-5-2-6-19-37/h1-35,45,54H. The minimum Gasteiger partial charge on any atom is -0.484 e. The van der Waals surface area contributed by atoms with Gasteiger partial charge in [-0.3, -0.25) is 4.57 Å². The van der Waals surface area contributed by atoms with Crippen molar-refractivity contribution in [3.05, 3.63) is 223 Å². The number of nitrogens with zero attached hydrogens (tertiary/aromatic N) is 5. The highest BCUT2D eigenvalue weighted by Gasteiger charge is 2.42. The number of benzene rings is 8. The number of rotatable bonds is 6. The van der Waals surface area contributed by atoms with E-state index in [9.17, 15) is 0 Å². The molecule has 0 amide bonds. The third-order valence-electron chi connectivity index (χ3n) is 12.8. The zero-order valence-corrected chi connectivity index (χ0v) is 34.0. The molecule has 11 aromatic rings. The fourth-order valence-corrected chi connectivity index (χ4v) is 9.98. The first-order chi connectivity index (χ1) is 31.2. The van der Waals surface area contributed by atoms with Gasteiger partial charge < -0.3 is 9.30 Å². The average Bonchev–Trinajstić information content (AvgIpc) is 4.02. The molecule has 6 nitrogen and oxygen atoms in total. The Kier molecular flexibility index (Phi) is 7.93. The van der Waals surface area contributed by atoms with Gasteiger partial charge in [0.25, 0.3) is 0 Å². The van der Waals surface area contributed by atoms with Gasteiger partial charge >= 0.3 is 0 Å². The fraction of sp³-hybridized carbons (Fsp3) is 0.0351. The van der Waals surface area contributed by atoms with E-state index < -0.39 is 0 Å². The van der Waals surface area contributed by atoms with E-state index in [1.807, 2.05) is 6.07 Å². The molecule has 2 aliphatic rings. The normalized spacial score (nSPS) is 15.0. The first-order valence-electron chi connectivity index (χ1n) is 21.4. The van der Waals surface area contributed by atoms with Crippen molar-refractivity contribution in [3.8, 4) is 62.4 Å². The Morgan fingerprint density at radius 1 is 0.413 bits per heavy atom. The molecule has 3 aromatic heterocycles. The highest BCUT2D eigenvalue weighted by atomic mass is 16.5. The molecule has 0 saturated carbocycles. The molecule has 13 rings (SSSR count). The van der Waals surface area contributed by atoms with E-state index in [0.717, 1.165) is 72.3 Å². The van der Waals surface area contributed by atoms with E-state index in [1.165, 1.54) is 22.1 Å². The Labute approximate surface area is 363 Å². The van der Waals surface area contributed by atoms with Crippen LogP contribution < -0.4 is 4.74 Å². The Morgan fingerprint density at radius 3 is 1.68 bits per heavy atom. The Balaban J connectivity index is 0.988. The van der Waals surface area contributed by atoms with Crippen molar-refractivity contribution in [1.82, 2.24) is 24.1 Å². The molecule has 0 spiro atoms. The Morgan fingerprint density at radius 2 is 0.968 bits per heavy atom. The van der Waals surface area contributed by atoms with Crippen LogP contribution in [-0.2, 0) is 0 Å². The summed E-state index contributed by atoms with van der Waals surface area (Å²) in [5.74, 6) is 2.53. The van der Waals surface area contributed by atoms with Gasteiger partial charge in [-0.2, -0.15) is 9.97 Å². The minimum absolute atomic E-state index is 0.0723. The molecule has 296 valence electrons. The molecular weight excluding hydrogens is 771 g/mol. The molecule has 0 N–H and O–H groups in total. The van der Waals surface area contributed by atoms with Gasteiger partial charge in [-0.1, -0.05) is 164 Å². The summed E-state index contributed by atoms with van der Waals surface area (Å²) in [6, 6.07) is 70.3. The van der Waals surface area contributed by atoms with Crippen LogP contribution in [0.15, 0.2) is 206 Å². The third-order valence-corrected chi connectivity index (χ3v) is 12.8. The molecule has 2 unspecified atom stereocenters. The topological polar surface area (TPSA) is 57.8 Å².